The second-order valence-electron chi connectivity index (χ2n) is 14.5. The van der Waals surface area contributed by atoms with Crippen molar-refractivity contribution in [1.29, 1.82) is 0 Å². The van der Waals surface area contributed by atoms with Gasteiger partial charge in [-0.05, 0) is 71.1 Å². The number of benzene rings is 3. The summed E-state index contributed by atoms with van der Waals surface area (Å²) in [6, 6.07) is 27.6. The molecule has 2 heterocycles. The number of Topliss-reactive ketones (excluding diaryl/α,β-unsaturated/α-hetero) is 2. The summed E-state index contributed by atoms with van der Waals surface area (Å²) in [6.07, 6.45) is 3.90. The molecule has 1 aliphatic carbocycles. The predicted molar refractivity (Wildman–Crippen MR) is 198 cm³/mol. The third-order valence-corrected chi connectivity index (χ3v) is 18.2. The number of aromatic nitrogens is 2. The van der Waals surface area contributed by atoms with Gasteiger partial charge in [0.15, 0.2) is 20.6 Å². The van der Waals surface area contributed by atoms with Crippen molar-refractivity contribution < 1.29 is 27.2 Å². The maximum absolute atomic E-state index is 13.8. The van der Waals surface area contributed by atoms with Crippen molar-refractivity contribution in [3.05, 3.63) is 101 Å². The van der Waals surface area contributed by atoms with E-state index in [-0.39, 0.29) is 46.3 Å². The number of hydrogen-bond donors (Lipinski definition) is 0. The normalized spacial score (nSPS) is 16.6. The van der Waals surface area contributed by atoms with Crippen molar-refractivity contribution in [1.82, 2.24) is 10.2 Å². The Hall–Kier alpha value is -3.35. The smallest absolute Gasteiger partial charge is 0.261 e. The van der Waals surface area contributed by atoms with Crippen LogP contribution in [0.4, 0.5) is 0 Å². The highest BCUT2D eigenvalue weighted by Gasteiger charge is 2.50. The zero-order valence-electron chi connectivity index (χ0n) is 29.0. The highest BCUT2D eigenvalue weighted by molar-refractivity contribution is 7.92. The lowest BCUT2D eigenvalue weighted by Crippen LogP contribution is -2.66. The van der Waals surface area contributed by atoms with E-state index >= 15 is 0 Å². The van der Waals surface area contributed by atoms with Crippen LogP contribution >= 0.6 is 11.3 Å². The Morgan fingerprint density at radius 3 is 2.02 bits per heavy atom. The van der Waals surface area contributed by atoms with E-state index < -0.39 is 24.1 Å². The zero-order chi connectivity index (χ0) is 35.4. The Bertz CT molecular complexity index is 1830. The first-order valence-corrected chi connectivity index (χ1v) is 21.8. The number of carbonyl (C=O) groups is 2. The Kier molecular flexibility index (Phi) is 11.3. The van der Waals surface area contributed by atoms with E-state index in [1.807, 2.05) is 36.4 Å². The fourth-order valence-electron chi connectivity index (χ4n) is 7.10. The van der Waals surface area contributed by atoms with Gasteiger partial charge in [0.25, 0.3) is 8.32 Å². The van der Waals surface area contributed by atoms with Crippen LogP contribution in [-0.2, 0) is 30.4 Å². The van der Waals surface area contributed by atoms with Crippen molar-refractivity contribution in [2.24, 2.45) is 5.92 Å². The fourth-order valence-corrected chi connectivity index (χ4v) is 14.1. The summed E-state index contributed by atoms with van der Waals surface area (Å²) in [5, 5.41) is 11.3. The van der Waals surface area contributed by atoms with Gasteiger partial charge in [-0.2, -0.15) is 0 Å². The Morgan fingerprint density at radius 2 is 1.46 bits per heavy atom. The second-order valence-corrected chi connectivity index (χ2v) is 22.1. The monoisotopic (exact) mass is 730 g/mol. The van der Waals surface area contributed by atoms with Crippen molar-refractivity contribution >= 4 is 51.4 Å². The molecule has 4 aromatic rings. The summed E-state index contributed by atoms with van der Waals surface area (Å²) >= 11 is 1.22. The minimum atomic E-state index is -3.32. The van der Waals surface area contributed by atoms with Gasteiger partial charge in [-0.15, -0.1) is 10.2 Å². The van der Waals surface area contributed by atoms with E-state index in [1.165, 1.54) is 11.3 Å². The lowest BCUT2D eigenvalue weighted by Gasteiger charge is -2.42. The summed E-state index contributed by atoms with van der Waals surface area (Å²) in [4.78, 5) is 27.5. The summed E-state index contributed by atoms with van der Waals surface area (Å²) in [7, 11) is -6.11. The molecular formula is C39H46N2O6S2Si. The van der Waals surface area contributed by atoms with E-state index in [0.717, 1.165) is 28.8 Å². The first kappa shape index (κ1) is 36.4. The van der Waals surface area contributed by atoms with Crippen LogP contribution in [0.15, 0.2) is 89.8 Å². The topological polar surface area (TPSA) is 113 Å². The summed E-state index contributed by atoms with van der Waals surface area (Å²) in [5.41, 5.74) is 0.794. The molecule has 1 aliphatic heterocycles. The van der Waals surface area contributed by atoms with Crippen LogP contribution in [0.25, 0.3) is 0 Å². The molecule has 3 aromatic carbocycles. The number of sulfone groups is 1. The molecule has 1 unspecified atom stereocenters. The Morgan fingerprint density at radius 1 is 0.860 bits per heavy atom. The molecule has 50 heavy (non-hydrogen) atoms. The summed E-state index contributed by atoms with van der Waals surface area (Å²) in [6.45, 7) is 8.20. The molecule has 0 bridgehead atoms. The minimum absolute atomic E-state index is 0.0256. The van der Waals surface area contributed by atoms with Gasteiger partial charge in [-0.3, -0.25) is 9.59 Å². The third-order valence-electron chi connectivity index (χ3n) is 10.0. The largest absolute Gasteiger partial charge is 0.401 e. The molecule has 2 aliphatic rings. The summed E-state index contributed by atoms with van der Waals surface area (Å²) in [5.74, 6) is -0.344. The molecule has 6 rings (SSSR count). The molecule has 1 saturated heterocycles. The van der Waals surface area contributed by atoms with Gasteiger partial charge in [-0.25, -0.2) is 8.42 Å². The van der Waals surface area contributed by atoms with Gasteiger partial charge in [0.1, 0.15) is 10.8 Å². The van der Waals surface area contributed by atoms with E-state index in [9.17, 15) is 18.0 Å². The van der Waals surface area contributed by atoms with Crippen LogP contribution in [0, 0.1) is 5.92 Å². The van der Waals surface area contributed by atoms with Gasteiger partial charge < -0.3 is 9.16 Å². The Labute approximate surface area is 300 Å². The predicted octanol–water partition coefficient (Wildman–Crippen LogP) is 6.68. The molecule has 264 valence electrons. The molecule has 11 heteroatoms. The van der Waals surface area contributed by atoms with Gasteiger partial charge in [0.2, 0.25) is 0 Å². The zero-order valence-corrected chi connectivity index (χ0v) is 31.7. The van der Waals surface area contributed by atoms with Crippen LogP contribution in [-0.4, -0.2) is 57.0 Å². The van der Waals surface area contributed by atoms with Gasteiger partial charge >= 0.3 is 0 Å². The molecule has 1 saturated carbocycles. The molecule has 0 N–H and O–H groups in total. The van der Waals surface area contributed by atoms with Crippen molar-refractivity contribution in [3.8, 4) is 0 Å². The first-order valence-electron chi connectivity index (χ1n) is 17.5. The highest BCUT2D eigenvalue weighted by Crippen LogP contribution is 2.38. The average molecular weight is 731 g/mol. The number of carbonyl (C=O) groups excluding carboxylic acids is 2. The minimum Gasteiger partial charge on any atom is -0.401 e. The first-order chi connectivity index (χ1) is 24.0. The lowest BCUT2D eigenvalue weighted by molar-refractivity contribution is -0.121. The molecule has 0 spiro atoms. The van der Waals surface area contributed by atoms with E-state index in [2.05, 4.69) is 55.2 Å². The highest BCUT2D eigenvalue weighted by atomic mass is 32.2. The van der Waals surface area contributed by atoms with Gasteiger partial charge in [0, 0.05) is 32.0 Å². The van der Waals surface area contributed by atoms with Crippen LogP contribution in [0.3, 0.4) is 0 Å². The number of ether oxygens (including phenoxy) is 1. The lowest BCUT2D eigenvalue weighted by atomic mass is 9.81. The Balaban J connectivity index is 1.14. The SMILES string of the molecule is CC(C)(C)[Si](OCc1nnc(C(=O)CCC(=O)C(CC2CCOCC2)c2ccc(S(=O)(=O)C3CC3)cc2)s1)(c1ccccc1)c1ccccc1. The molecule has 1 aromatic heterocycles. The average Bonchev–Trinajstić information content (AvgIpc) is 3.89. The summed E-state index contributed by atoms with van der Waals surface area (Å²) < 4.78 is 38.1. The van der Waals surface area contributed by atoms with E-state index in [4.69, 9.17) is 9.16 Å². The number of rotatable bonds is 15. The van der Waals surface area contributed by atoms with Crippen LogP contribution in [0.1, 0.15) is 92.0 Å². The maximum Gasteiger partial charge on any atom is 0.261 e. The van der Waals surface area contributed by atoms with Crippen molar-refractivity contribution in [2.75, 3.05) is 13.2 Å². The number of hydrogen-bond acceptors (Lipinski definition) is 9. The maximum atomic E-state index is 13.8. The van der Waals surface area contributed by atoms with Crippen LogP contribution in [0.5, 0.6) is 0 Å². The number of ketones is 2. The van der Waals surface area contributed by atoms with Crippen molar-refractivity contribution in [3.63, 3.8) is 0 Å². The molecule has 0 radical (unpaired) electrons. The van der Waals surface area contributed by atoms with Crippen molar-refractivity contribution in [2.45, 2.75) is 93.4 Å². The molecule has 0 amide bonds. The molecule has 1 atom stereocenters. The molecule has 2 fully saturated rings. The third kappa shape index (κ3) is 8.07. The quantitative estimate of drug-likeness (QED) is 0.0984. The molecular weight excluding hydrogens is 685 g/mol. The van der Waals surface area contributed by atoms with Crippen LogP contribution < -0.4 is 10.4 Å². The fraction of sp³-hybridized carbons (Fsp3) is 0.436. The van der Waals surface area contributed by atoms with Gasteiger partial charge in [-0.1, -0.05) is 105 Å². The van der Waals surface area contributed by atoms with E-state index in [1.54, 1.807) is 24.3 Å². The van der Waals surface area contributed by atoms with Gasteiger partial charge in [0.05, 0.1) is 16.8 Å². The van der Waals surface area contributed by atoms with E-state index in [0.29, 0.717) is 48.3 Å². The number of nitrogens with zero attached hydrogens (tertiary/aromatic N) is 2. The molecule has 8 nitrogen and oxygen atoms in total. The van der Waals surface area contributed by atoms with Crippen LogP contribution in [0.2, 0.25) is 5.04 Å². The second kappa shape index (κ2) is 15.5. The standard InChI is InChI=1S/C39H46N2O6S2Si/c1-39(2,3)50(32-10-6-4-7-11-32,33-12-8-5-9-13-33)47-27-37-40-41-38(48-37)36(43)21-20-35(42)34(26-28-22-24-46-25-23-28)29-14-16-30(17-15-29)49(44,45)31-18-19-31/h4-17,28,31,34H,18-27H2,1-3H3.